The lowest BCUT2D eigenvalue weighted by Crippen LogP contribution is -2.38. The Morgan fingerprint density at radius 1 is 1.24 bits per heavy atom. The van der Waals surface area contributed by atoms with Gasteiger partial charge in [0, 0.05) is 6.04 Å². The number of rotatable bonds is 2. The van der Waals surface area contributed by atoms with Gasteiger partial charge in [0.15, 0.2) is 0 Å². The molecule has 0 aliphatic carbocycles. The topological polar surface area (TPSA) is 34.3 Å². The molecule has 92 valence electrons. The van der Waals surface area contributed by atoms with Crippen molar-refractivity contribution in [2.24, 2.45) is 5.92 Å². The van der Waals surface area contributed by atoms with E-state index in [4.69, 9.17) is 0 Å². The number of nitrogens with one attached hydrogen (secondary N) is 1. The maximum Gasteiger partial charge on any atom is 0.393 e. The van der Waals surface area contributed by atoms with Crippen molar-refractivity contribution in [1.29, 1.82) is 0 Å². The zero-order valence-corrected chi connectivity index (χ0v) is 9.11. The molecule has 1 saturated heterocycles. The van der Waals surface area contributed by atoms with Crippen molar-refractivity contribution in [1.82, 2.24) is 11.1 Å². The first-order valence-corrected chi connectivity index (χ1v) is 5.51. The van der Waals surface area contributed by atoms with Crippen LogP contribution in [0.4, 0.5) is 13.2 Å². The molecule has 5 heteroatoms. The van der Waals surface area contributed by atoms with Crippen LogP contribution < -0.4 is 11.1 Å². The predicted molar refractivity (Wildman–Crippen MR) is 57.2 cm³/mol. The van der Waals surface area contributed by atoms with E-state index < -0.39 is 24.3 Å². The van der Waals surface area contributed by atoms with E-state index in [0.717, 1.165) is 5.56 Å². The zero-order valence-electron chi connectivity index (χ0n) is 9.11. The lowest BCUT2D eigenvalue weighted by Gasteiger charge is -2.21. The van der Waals surface area contributed by atoms with Gasteiger partial charge in [0.2, 0.25) is 0 Å². The molecular formula is C12H13F3N2. The normalized spacial score (nSPS) is 29.5. The molecule has 2 nitrogen and oxygen atoms in total. The second-order valence-electron chi connectivity index (χ2n) is 4.36. The number of hydrogen-bond acceptors (Lipinski definition) is 1. The summed E-state index contributed by atoms with van der Waals surface area (Å²) < 4.78 is 38.2. The first-order valence-electron chi connectivity index (χ1n) is 5.51. The average molecular weight is 242 g/mol. The van der Waals surface area contributed by atoms with Gasteiger partial charge in [-0.25, -0.2) is 0 Å². The summed E-state index contributed by atoms with van der Waals surface area (Å²) in [5.74, 6) is -1.47. The van der Waals surface area contributed by atoms with Gasteiger partial charge >= 0.3 is 6.18 Å². The Hall–Kier alpha value is -1.07. The molecule has 0 bridgehead atoms. The second-order valence-corrected chi connectivity index (χ2v) is 4.36. The quantitative estimate of drug-likeness (QED) is 0.847. The highest BCUT2D eigenvalue weighted by Crippen LogP contribution is 2.36. The summed E-state index contributed by atoms with van der Waals surface area (Å²) in [5.41, 5.74) is 10.1. The number of hydrogen-bond donors (Lipinski definition) is 1. The molecule has 3 atom stereocenters. The molecule has 0 spiro atoms. The van der Waals surface area contributed by atoms with E-state index in [1.807, 2.05) is 6.07 Å². The minimum atomic E-state index is -4.26. The summed E-state index contributed by atoms with van der Waals surface area (Å²) in [6.07, 6.45) is -5.30. The van der Waals surface area contributed by atoms with Crippen molar-refractivity contribution in [3.8, 4) is 0 Å². The van der Waals surface area contributed by atoms with Gasteiger partial charge in [-0.1, -0.05) is 30.3 Å². The summed E-state index contributed by atoms with van der Waals surface area (Å²) in [6.45, 7) is 0. The molecule has 1 aliphatic heterocycles. The molecule has 2 rings (SSSR count). The monoisotopic (exact) mass is 242 g/mol. The first kappa shape index (κ1) is 12.4. The van der Waals surface area contributed by atoms with Crippen LogP contribution in [0, 0.1) is 5.92 Å². The van der Waals surface area contributed by atoms with Gasteiger partial charge in [0.1, 0.15) is 0 Å². The second kappa shape index (κ2) is 4.66. The van der Waals surface area contributed by atoms with E-state index in [1.54, 1.807) is 24.3 Å². The molecule has 0 amide bonds. The lowest BCUT2D eigenvalue weighted by molar-refractivity contribution is -0.176. The van der Waals surface area contributed by atoms with Crippen molar-refractivity contribution in [2.75, 3.05) is 0 Å². The third kappa shape index (κ3) is 2.98. The van der Waals surface area contributed by atoms with E-state index in [9.17, 15) is 18.9 Å². The largest absolute Gasteiger partial charge is 0.393 e. The smallest absolute Gasteiger partial charge is 0.296 e. The van der Waals surface area contributed by atoms with E-state index in [2.05, 4.69) is 5.32 Å². The Kier molecular flexibility index (Phi) is 3.40. The maximum absolute atomic E-state index is 12.7. The molecular weight excluding hydrogens is 229 g/mol. The highest BCUT2D eigenvalue weighted by molar-refractivity contribution is 5.17. The number of benzene rings is 1. The van der Waals surface area contributed by atoms with Crippen molar-refractivity contribution >= 4 is 0 Å². The van der Waals surface area contributed by atoms with Gasteiger partial charge in [0.05, 0.1) is 12.1 Å². The summed E-state index contributed by atoms with van der Waals surface area (Å²) >= 11 is 0. The van der Waals surface area contributed by atoms with Crippen LogP contribution in [0.1, 0.15) is 12.0 Å². The Labute approximate surface area is 98.0 Å². The predicted octanol–water partition coefficient (Wildman–Crippen LogP) is 2.16. The van der Waals surface area contributed by atoms with E-state index >= 15 is 0 Å². The standard InChI is InChI=1S/C12H13F3N2/c13-12(14,15)9-7-11(16)17-10(9)6-8-4-2-1-3-5-8/h1-5,9-11,17H,6-7H2/t9-,10?,11-/m0/s1. The van der Waals surface area contributed by atoms with Gasteiger partial charge in [0.25, 0.3) is 0 Å². The number of nitrogens with zero attached hydrogens (tertiary/aromatic N) is 1. The van der Waals surface area contributed by atoms with Crippen molar-refractivity contribution in [3.05, 3.63) is 35.9 Å². The summed E-state index contributed by atoms with van der Waals surface area (Å²) in [5, 5.41) is 2.59. The van der Waals surface area contributed by atoms with Crippen LogP contribution in [-0.4, -0.2) is 18.4 Å². The molecule has 1 aromatic carbocycles. The van der Waals surface area contributed by atoms with Gasteiger partial charge in [-0.3, -0.25) is 5.32 Å². The fourth-order valence-corrected chi connectivity index (χ4v) is 2.27. The summed E-state index contributed by atoms with van der Waals surface area (Å²) in [7, 11) is 0. The highest BCUT2D eigenvalue weighted by Gasteiger charge is 2.49. The molecule has 1 aliphatic rings. The SMILES string of the molecule is [N][C@@H]1C[C@H](C(F)(F)F)C(Cc2ccccc2)N1. The molecule has 1 unspecified atom stereocenters. The molecule has 17 heavy (non-hydrogen) atoms. The molecule has 0 saturated carbocycles. The third-order valence-electron chi connectivity index (χ3n) is 3.09. The number of halogens is 3. The Bertz CT molecular complexity index is 364. The van der Waals surface area contributed by atoms with Gasteiger partial charge < -0.3 is 0 Å². The molecule has 0 aromatic heterocycles. The van der Waals surface area contributed by atoms with Crippen LogP contribution in [0.15, 0.2) is 30.3 Å². The van der Waals surface area contributed by atoms with Crippen LogP contribution >= 0.6 is 0 Å². The van der Waals surface area contributed by atoms with E-state index in [0.29, 0.717) is 0 Å². The minimum Gasteiger partial charge on any atom is -0.296 e. The molecule has 1 aromatic rings. The van der Waals surface area contributed by atoms with Crippen LogP contribution in [0.5, 0.6) is 0 Å². The lowest BCUT2D eigenvalue weighted by atomic mass is 9.94. The van der Waals surface area contributed by atoms with Crippen LogP contribution in [0.25, 0.3) is 0 Å². The first-order chi connectivity index (χ1) is 7.97. The highest BCUT2D eigenvalue weighted by atomic mass is 19.4. The average Bonchev–Trinajstić information content (AvgIpc) is 2.60. The Morgan fingerprint density at radius 3 is 2.47 bits per heavy atom. The fourth-order valence-electron chi connectivity index (χ4n) is 2.27. The minimum absolute atomic E-state index is 0.263. The Balaban J connectivity index is 2.09. The van der Waals surface area contributed by atoms with Gasteiger partial charge in [-0.2, -0.15) is 13.2 Å². The van der Waals surface area contributed by atoms with Gasteiger partial charge in [-0.05, 0) is 18.4 Å². The maximum atomic E-state index is 12.7. The summed E-state index contributed by atoms with van der Waals surface area (Å²) in [6, 6.07) is 8.25. The van der Waals surface area contributed by atoms with Crippen molar-refractivity contribution < 1.29 is 13.2 Å². The summed E-state index contributed by atoms with van der Waals surface area (Å²) in [4.78, 5) is 0. The van der Waals surface area contributed by atoms with E-state index in [1.165, 1.54) is 0 Å². The molecule has 1 N–H and O–H groups in total. The third-order valence-corrected chi connectivity index (χ3v) is 3.09. The van der Waals surface area contributed by atoms with Crippen molar-refractivity contribution in [3.63, 3.8) is 0 Å². The van der Waals surface area contributed by atoms with Crippen LogP contribution in [0.2, 0.25) is 0 Å². The van der Waals surface area contributed by atoms with Gasteiger partial charge in [-0.15, -0.1) is 5.73 Å². The molecule has 1 fully saturated rings. The van der Waals surface area contributed by atoms with Crippen LogP contribution in [0.3, 0.4) is 0 Å². The van der Waals surface area contributed by atoms with E-state index in [-0.39, 0.29) is 12.8 Å². The fraction of sp³-hybridized carbons (Fsp3) is 0.500. The molecule has 1 heterocycles. The van der Waals surface area contributed by atoms with Crippen LogP contribution in [-0.2, 0) is 6.42 Å². The number of alkyl halides is 3. The van der Waals surface area contributed by atoms with Crippen molar-refractivity contribution in [2.45, 2.75) is 31.2 Å². The molecule has 2 radical (unpaired) electrons. The zero-order chi connectivity index (χ0) is 12.5. The Morgan fingerprint density at radius 2 is 1.88 bits per heavy atom.